The van der Waals surface area contributed by atoms with Gasteiger partial charge in [0.2, 0.25) is 5.28 Å². The van der Waals surface area contributed by atoms with Crippen molar-refractivity contribution in [3.63, 3.8) is 0 Å². The zero-order valence-electron chi connectivity index (χ0n) is 14.5. The summed E-state index contributed by atoms with van der Waals surface area (Å²) in [6.45, 7) is 4.72. The minimum Gasteiger partial charge on any atom is -0.394 e. The van der Waals surface area contributed by atoms with Crippen LogP contribution >= 0.6 is 22.9 Å². The molecule has 2 fully saturated rings. The minimum absolute atomic E-state index is 0.0138. The highest BCUT2D eigenvalue weighted by Gasteiger charge is 2.32. The van der Waals surface area contributed by atoms with Crippen LogP contribution in [-0.4, -0.2) is 70.9 Å². The fourth-order valence-corrected chi connectivity index (χ4v) is 4.86. The van der Waals surface area contributed by atoms with Gasteiger partial charge in [0.25, 0.3) is 5.91 Å². The molecule has 1 amide bonds. The quantitative estimate of drug-likeness (QED) is 0.801. The van der Waals surface area contributed by atoms with Crippen LogP contribution in [-0.2, 0) is 4.74 Å². The number of nitrogens with zero attached hydrogens (tertiary/aromatic N) is 4. The number of ether oxygens (including phenoxy) is 1. The second kappa shape index (κ2) is 7.26. The topological polar surface area (TPSA) is 78.8 Å². The molecule has 2 aliphatic rings. The van der Waals surface area contributed by atoms with E-state index in [0.717, 1.165) is 29.9 Å². The van der Waals surface area contributed by atoms with Crippen LogP contribution in [0.5, 0.6) is 0 Å². The second-order valence-electron chi connectivity index (χ2n) is 6.74. The summed E-state index contributed by atoms with van der Waals surface area (Å²) in [6.07, 6.45) is 1.74. The number of aromatic nitrogens is 2. The highest BCUT2D eigenvalue weighted by Crippen LogP contribution is 2.35. The van der Waals surface area contributed by atoms with Crippen molar-refractivity contribution in [3.8, 4) is 0 Å². The number of likely N-dealkylation sites (tertiary alicyclic amines) is 1. The lowest BCUT2D eigenvalue weighted by atomic mass is 10.2. The van der Waals surface area contributed by atoms with E-state index in [-0.39, 0.29) is 29.9 Å². The van der Waals surface area contributed by atoms with Gasteiger partial charge in [-0.15, -0.1) is 11.3 Å². The third-order valence-corrected chi connectivity index (χ3v) is 6.22. The van der Waals surface area contributed by atoms with Crippen LogP contribution in [0.2, 0.25) is 5.28 Å². The lowest BCUT2D eigenvalue weighted by Crippen LogP contribution is -2.44. The number of anilines is 1. The van der Waals surface area contributed by atoms with E-state index in [4.69, 9.17) is 16.3 Å². The highest BCUT2D eigenvalue weighted by atomic mass is 35.5. The number of aliphatic hydroxyl groups is 1. The average molecular weight is 397 g/mol. The molecule has 1 N–H and O–H groups in total. The van der Waals surface area contributed by atoms with Crippen molar-refractivity contribution in [2.75, 3.05) is 37.8 Å². The van der Waals surface area contributed by atoms with Gasteiger partial charge in [0, 0.05) is 18.5 Å². The van der Waals surface area contributed by atoms with Gasteiger partial charge in [-0.3, -0.25) is 4.79 Å². The van der Waals surface area contributed by atoms with Crippen LogP contribution in [0.4, 0.5) is 5.82 Å². The lowest BCUT2D eigenvalue weighted by molar-refractivity contribution is 0.0680. The molecule has 4 rings (SSSR count). The molecule has 4 heterocycles. The maximum absolute atomic E-state index is 13.0. The number of hydrogen-bond acceptors (Lipinski definition) is 7. The number of fused-ring (bicyclic) bond motifs is 1. The van der Waals surface area contributed by atoms with Crippen molar-refractivity contribution in [3.05, 3.63) is 16.2 Å². The van der Waals surface area contributed by atoms with Gasteiger partial charge < -0.3 is 19.6 Å². The standard InChI is InChI=1S/C17H21ClN4O3S/c1-10-8-25-6-5-21(10)15-14-13(19-17(18)20-15)12(9-26-14)16(24)22-4-2-3-11(22)7-23/h9-11,23H,2-8H2,1H3/t10-,11-/m1/s1. The molecule has 0 aromatic carbocycles. The summed E-state index contributed by atoms with van der Waals surface area (Å²) in [5.41, 5.74) is 1.13. The normalized spacial score (nSPS) is 23.8. The Kier molecular flexibility index (Phi) is 5.00. The summed E-state index contributed by atoms with van der Waals surface area (Å²) in [6, 6.07) is 0.0602. The molecule has 9 heteroatoms. The van der Waals surface area contributed by atoms with Crippen LogP contribution in [0.15, 0.2) is 5.38 Å². The fourth-order valence-electron chi connectivity index (χ4n) is 3.71. The Labute approximate surface area is 160 Å². The van der Waals surface area contributed by atoms with Gasteiger partial charge in [0.1, 0.15) is 5.52 Å². The Morgan fingerprint density at radius 1 is 1.46 bits per heavy atom. The zero-order valence-corrected chi connectivity index (χ0v) is 16.1. The molecule has 140 valence electrons. The van der Waals surface area contributed by atoms with Crippen molar-refractivity contribution in [2.45, 2.75) is 31.8 Å². The van der Waals surface area contributed by atoms with E-state index in [1.165, 1.54) is 11.3 Å². The Hall–Kier alpha value is -1.48. The summed E-state index contributed by atoms with van der Waals surface area (Å²) in [7, 11) is 0. The van der Waals surface area contributed by atoms with Crippen molar-refractivity contribution in [2.24, 2.45) is 0 Å². The minimum atomic E-state index is -0.117. The van der Waals surface area contributed by atoms with Gasteiger partial charge in [-0.1, -0.05) is 0 Å². The van der Waals surface area contributed by atoms with Crippen molar-refractivity contribution < 1.29 is 14.6 Å². The predicted octanol–water partition coefficient (Wildman–Crippen LogP) is 2.17. The van der Waals surface area contributed by atoms with Gasteiger partial charge in [0.15, 0.2) is 5.82 Å². The number of thiophene rings is 1. The Morgan fingerprint density at radius 2 is 2.31 bits per heavy atom. The smallest absolute Gasteiger partial charge is 0.257 e. The average Bonchev–Trinajstić information content (AvgIpc) is 3.27. The van der Waals surface area contributed by atoms with E-state index >= 15 is 0 Å². The second-order valence-corrected chi connectivity index (χ2v) is 7.96. The molecule has 2 aromatic rings. The summed E-state index contributed by atoms with van der Waals surface area (Å²) in [4.78, 5) is 25.7. The maximum Gasteiger partial charge on any atom is 0.257 e. The van der Waals surface area contributed by atoms with E-state index in [0.29, 0.717) is 30.8 Å². The van der Waals surface area contributed by atoms with E-state index < -0.39 is 0 Å². The molecule has 0 aliphatic carbocycles. The first-order valence-electron chi connectivity index (χ1n) is 8.81. The van der Waals surface area contributed by atoms with Crippen molar-refractivity contribution in [1.82, 2.24) is 14.9 Å². The largest absolute Gasteiger partial charge is 0.394 e. The molecule has 0 saturated carbocycles. The number of aliphatic hydroxyl groups excluding tert-OH is 1. The van der Waals surface area contributed by atoms with Crippen molar-refractivity contribution in [1.29, 1.82) is 0 Å². The van der Waals surface area contributed by atoms with E-state index in [9.17, 15) is 9.90 Å². The van der Waals surface area contributed by atoms with E-state index in [1.54, 1.807) is 4.90 Å². The van der Waals surface area contributed by atoms with Crippen LogP contribution < -0.4 is 4.90 Å². The number of hydrogen-bond donors (Lipinski definition) is 1. The molecule has 7 nitrogen and oxygen atoms in total. The maximum atomic E-state index is 13.0. The number of rotatable bonds is 3. The summed E-state index contributed by atoms with van der Waals surface area (Å²) in [5, 5.41) is 11.5. The van der Waals surface area contributed by atoms with Gasteiger partial charge in [0.05, 0.1) is 42.2 Å². The molecule has 26 heavy (non-hydrogen) atoms. The molecule has 2 aliphatic heterocycles. The molecule has 0 bridgehead atoms. The Morgan fingerprint density at radius 3 is 3.08 bits per heavy atom. The molecule has 0 radical (unpaired) electrons. The summed E-state index contributed by atoms with van der Waals surface area (Å²) in [5.74, 6) is 0.670. The number of amides is 1. The van der Waals surface area contributed by atoms with Gasteiger partial charge in [-0.05, 0) is 31.4 Å². The summed E-state index contributed by atoms with van der Waals surface area (Å²) < 4.78 is 6.38. The third kappa shape index (κ3) is 3.05. The van der Waals surface area contributed by atoms with Crippen LogP contribution in [0.3, 0.4) is 0 Å². The SMILES string of the molecule is C[C@@H]1COCCN1c1nc(Cl)nc2c(C(=O)N3CCC[C@@H]3CO)csc12. The highest BCUT2D eigenvalue weighted by molar-refractivity contribution is 7.18. The summed E-state index contributed by atoms with van der Waals surface area (Å²) >= 11 is 7.66. The van der Waals surface area contributed by atoms with Gasteiger partial charge in [-0.25, -0.2) is 4.98 Å². The fraction of sp³-hybridized carbons (Fsp3) is 0.588. The lowest BCUT2D eigenvalue weighted by Gasteiger charge is -2.34. The molecule has 2 aromatic heterocycles. The first kappa shape index (κ1) is 17.9. The van der Waals surface area contributed by atoms with Crippen LogP contribution in [0.25, 0.3) is 10.2 Å². The molecule has 0 spiro atoms. The van der Waals surface area contributed by atoms with Crippen molar-refractivity contribution >= 4 is 44.9 Å². The molecular formula is C17H21ClN4O3S. The number of carbonyl (C=O) groups excluding carboxylic acids is 1. The molecular weight excluding hydrogens is 376 g/mol. The first-order chi connectivity index (χ1) is 12.6. The Balaban J connectivity index is 1.75. The molecule has 0 unspecified atom stereocenters. The zero-order chi connectivity index (χ0) is 18.3. The predicted molar refractivity (Wildman–Crippen MR) is 101 cm³/mol. The van der Waals surface area contributed by atoms with Crippen LogP contribution in [0, 0.1) is 0 Å². The van der Waals surface area contributed by atoms with E-state index in [1.807, 2.05) is 5.38 Å². The Bertz CT molecular complexity index is 830. The number of morpholine rings is 1. The molecule has 2 saturated heterocycles. The van der Waals surface area contributed by atoms with E-state index in [2.05, 4.69) is 21.8 Å². The monoisotopic (exact) mass is 396 g/mol. The molecule has 2 atom stereocenters. The van der Waals surface area contributed by atoms with Gasteiger partial charge in [-0.2, -0.15) is 4.98 Å². The number of carbonyl (C=O) groups is 1. The number of halogens is 1. The third-order valence-electron chi connectivity index (χ3n) is 5.09. The van der Waals surface area contributed by atoms with Crippen LogP contribution in [0.1, 0.15) is 30.1 Å². The first-order valence-corrected chi connectivity index (χ1v) is 10.1. The van der Waals surface area contributed by atoms with Gasteiger partial charge >= 0.3 is 0 Å².